The highest BCUT2D eigenvalue weighted by atomic mass is 14.9. The van der Waals surface area contributed by atoms with Crippen LogP contribution in [0.25, 0.3) is 0 Å². The summed E-state index contributed by atoms with van der Waals surface area (Å²) in [5, 5.41) is 3.58. The predicted molar refractivity (Wildman–Crippen MR) is 69.7 cm³/mol. The van der Waals surface area contributed by atoms with E-state index < -0.39 is 0 Å². The van der Waals surface area contributed by atoms with Gasteiger partial charge in [-0.15, -0.1) is 0 Å². The van der Waals surface area contributed by atoms with Gasteiger partial charge in [0.2, 0.25) is 0 Å². The number of hydrogen-bond acceptors (Lipinski definition) is 1. The normalized spacial score (nSPS) is 20.6. The summed E-state index contributed by atoms with van der Waals surface area (Å²) in [7, 11) is 0. The molecule has 1 heterocycles. The maximum absolute atomic E-state index is 3.58. The highest BCUT2D eigenvalue weighted by molar-refractivity contribution is 5.29. The van der Waals surface area contributed by atoms with E-state index in [9.17, 15) is 0 Å². The van der Waals surface area contributed by atoms with Crippen molar-refractivity contribution in [2.75, 3.05) is 6.54 Å². The topological polar surface area (TPSA) is 12.0 Å². The molecule has 1 heteroatoms. The largest absolute Gasteiger partial charge is 0.310 e. The van der Waals surface area contributed by atoms with E-state index in [-0.39, 0.29) is 0 Å². The lowest BCUT2D eigenvalue weighted by molar-refractivity contribution is 0.626. The standard InChI is InChI=1S/C15H23N/c1-3-12(4-2)13-7-5-8-14(11-13)15-9-6-10-16-15/h5,7-8,11-12,15-16H,3-4,6,9-10H2,1-2H3. The summed E-state index contributed by atoms with van der Waals surface area (Å²) in [5.41, 5.74) is 3.01. The van der Waals surface area contributed by atoms with Gasteiger partial charge in [-0.2, -0.15) is 0 Å². The molecule has 0 aliphatic carbocycles. The van der Waals surface area contributed by atoms with E-state index in [0.717, 1.165) is 5.92 Å². The van der Waals surface area contributed by atoms with Crippen LogP contribution in [0.1, 0.15) is 62.6 Å². The van der Waals surface area contributed by atoms with Gasteiger partial charge >= 0.3 is 0 Å². The highest BCUT2D eigenvalue weighted by Crippen LogP contribution is 2.28. The van der Waals surface area contributed by atoms with Crippen LogP contribution in [0, 0.1) is 0 Å². The van der Waals surface area contributed by atoms with Crippen molar-refractivity contribution >= 4 is 0 Å². The van der Waals surface area contributed by atoms with Gasteiger partial charge < -0.3 is 5.32 Å². The van der Waals surface area contributed by atoms with Gasteiger partial charge in [-0.1, -0.05) is 38.1 Å². The van der Waals surface area contributed by atoms with Crippen molar-refractivity contribution in [3.8, 4) is 0 Å². The van der Waals surface area contributed by atoms with Gasteiger partial charge in [-0.3, -0.25) is 0 Å². The molecule has 1 atom stereocenters. The molecule has 88 valence electrons. The van der Waals surface area contributed by atoms with Crippen LogP contribution in [-0.2, 0) is 0 Å². The maximum atomic E-state index is 3.58. The van der Waals surface area contributed by atoms with Gasteiger partial charge in [-0.25, -0.2) is 0 Å². The van der Waals surface area contributed by atoms with Crippen molar-refractivity contribution < 1.29 is 0 Å². The summed E-state index contributed by atoms with van der Waals surface area (Å²) in [6.07, 6.45) is 5.11. The van der Waals surface area contributed by atoms with Crippen LogP contribution < -0.4 is 5.32 Å². The molecule has 0 bridgehead atoms. The maximum Gasteiger partial charge on any atom is 0.0320 e. The van der Waals surface area contributed by atoms with Gasteiger partial charge in [0, 0.05) is 6.04 Å². The minimum Gasteiger partial charge on any atom is -0.310 e. The van der Waals surface area contributed by atoms with Crippen LogP contribution in [0.2, 0.25) is 0 Å². The van der Waals surface area contributed by atoms with Crippen LogP contribution in [0.4, 0.5) is 0 Å². The van der Waals surface area contributed by atoms with Crippen LogP contribution >= 0.6 is 0 Å². The fourth-order valence-electron chi connectivity index (χ4n) is 2.76. The summed E-state index contributed by atoms with van der Waals surface area (Å²) >= 11 is 0. The zero-order valence-corrected chi connectivity index (χ0v) is 10.5. The van der Waals surface area contributed by atoms with Crippen LogP contribution in [-0.4, -0.2) is 6.54 Å². The number of benzene rings is 1. The predicted octanol–water partition coefficient (Wildman–Crippen LogP) is 4.01. The van der Waals surface area contributed by atoms with Gasteiger partial charge in [0.1, 0.15) is 0 Å². The van der Waals surface area contributed by atoms with E-state index in [0.29, 0.717) is 6.04 Å². The summed E-state index contributed by atoms with van der Waals surface area (Å²) in [6, 6.07) is 9.81. The van der Waals surface area contributed by atoms with Crippen LogP contribution in [0.5, 0.6) is 0 Å². The number of rotatable bonds is 4. The first kappa shape index (κ1) is 11.7. The van der Waals surface area contributed by atoms with E-state index in [1.54, 1.807) is 0 Å². The lowest BCUT2D eigenvalue weighted by Gasteiger charge is -2.16. The second kappa shape index (κ2) is 5.49. The third-order valence-electron chi connectivity index (χ3n) is 3.83. The molecule has 1 aliphatic rings. The fourth-order valence-corrected chi connectivity index (χ4v) is 2.76. The van der Waals surface area contributed by atoms with Gasteiger partial charge in [0.15, 0.2) is 0 Å². The van der Waals surface area contributed by atoms with Gasteiger partial charge in [0.05, 0.1) is 0 Å². The van der Waals surface area contributed by atoms with Crippen molar-refractivity contribution in [2.45, 2.75) is 51.5 Å². The van der Waals surface area contributed by atoms with Crippen LogP contribution in [0.3, 0.4) is 0 Å². The molecule has 0 saturated carbocycles. The molecule has 0 radical (unpaired) electrons. The van der Waals surface area contributed by atoms with Crippen molar-refractivity contribution in [1.82, 2.24) is 5.32 Å². The lowest BCUT2D eigenvalue weighted by atomic mass is 9.91. The van der Waals surface area contributed by atoms with Gasteiger partial charge in [0.25, 0.3) is 0 Å². The van der Waals surface area contributed by atoms with Crippen molar-refractivity contribution in [2.24, 2.45) is 0 Å². The van der Waals surface area contributed by atoms with Crippen LogP contribution in [0.15, 0.2) is 24.3 Å². The molecular formula is C15H23N. The molecule has 1 nitrogen and oxygen atoms in total. The Labute approximate surface area is 99.3 Å². The Hall–Kier alpha value is -0.820. The minimum atomic E-state index is 0.606. The van der Waals surface area contributed by atoms with E-state index in [2.05, 4.69) is 43.4 Å². The van der Waals surface area contributed by atoms with E-state index in [1.807, 2.05) is 0 Å². The first-order chi connectivity index (χ1) is 7.85. The minimum absolute atomic E-state index is 0.606. The smallest absolute Gasteiger partial charge is 0.0320 e. The molecule has 16 heavy (non-hydrogen) atoms. The number of hydrogen-bond donors (Lipinski definition) is 1. The van der Waals surface area contributed by atoms with E-state index in [1.165, 1.54) is 43.4 Å². The fraction of sp³-hybridized carbons (Fsp3) is 0.600. The quantitative estimate of drug-likeness (QED) is 0.803. The van der Waals surface area contributed by atoms with Crippen molar-refractivity contribution in [3.05, 3.63) is 35.4 Å². The molecule has 1 unspecified atom stereocenters. The Bertz CT molecular complexity index is 305. The average molecular weight is 217 g/mol. The molecule has 0 aromatic heterocycles. The van der Waals surface area contributed by atoms with E-state index in [4.69, 9.17) is 0 Å². The van der Waals surface area contributed by atoms with Crippen molar-refractivity contribution in [1.29, 1.82) is 0 Å². The van der Waals surface area contributed by atoms with Gasteiger partial charge in [-0.05, 0) is 49.3 Å². The third kappa shape index (κ3) is 2.46. The first-order valence-electron chi connectivity index (χ1n) is 6.68. The molecular weight excluding hydrogens is 194 g/mol. The first-order valence-corrected chi connectivity index (χ1v) is 6.68. The molecule has 1 N–H and O–H groups in total. The monoisotopic (exact) mass is 217 g/mol. The average Bonchev–Trinajstić information content (AvgIpc) is 2.85. The zero-order chi connectivity index (χ0) is 11.4. The molecule has 1 fully saturated rings. The molecule has 0 amide bonds. The molecule has 1 aromatic carbocycles. The second-order valence-corrected chi connectivity index (χ2v) is 4.83. The lowest BCUT2D eigenvalue weighted by Crippen LogP contribution is -2.13. The van der Waals surface area contributed by atoms with Crippen molar-refractivity contribution in [3.63, 3.8) is 0 Å². The Morgan fingerprint density at radius 2 is 2.12 bits per heavy atom. The summed E-state index contributed by atoms with van der Waals surface area (Å²) in [4.78, 5) is 0. The second-order valence-electron chi connectivity index (χ2n) is 4.83. The molecule has 0 spiro atoms. The summed E-state index contributed by atoms with van der Waals surface area (Å²) in [5.74, 6) is 0.737. The zero-order valence-electron chi connectivity index (χ0n) is 10.5. The Morgan fingerprint density at radius 1 is 1.31 bits per heavy atom. The SMILES string of the molecule is CCC(CC)c1cccc(C2CCCN2)c1. The highest BCUT2D eigenvalue weighted by Gasteiger charge is 2.17. The summed E-state index contributed by atoms with van der Waals surface area (Å²) < 4.78 is 0. The molecule has 2 rings (SSSR count). The van der Waals surface area contributed by atoms with E-state index >= 15 is 0 Å². The summed E-state index contributed by atoms with van der Waals surface area (Å²) in [6.45, 7) is 5.75. The Balaban J connectivity index is 2.18. The Kier molecular flexibility index (Phi) is 4.00. The third-order valence-corrected chi connectivity index (χ3v) is 3.83. The molecule has 1 aliphatic heterocycles. The molecule has 1 saturated heterocycles. The number of nitrogens with one attached hydrogen (secondary N) is 1. The molecule has 1 aromatic rings. The Morgan fingerprint density at radius 3 is 2.75 bits per heavy atom.